The fourth-order valence-electron chi connectivity index (χ4n) is 0.780. The third kappa shape index (κ3) is 6.25. The molecular weight excluding hydrogens is 184 g/mol. The maximum absolute atomic E-state index is 5.80. The van der Waals surface area contributed by atoms with Crippen molar-refractivity contribution in [1.82, 2.24) is 0 Å². The molecule has 0 unspecified atom stereocenters. The van der Waals surface area contributed by atoms with Crippen LogP contribution >= 0.6 is 0 Å². The minimum atomic E-state index is -0.617. The van der Waals surface area contributed by atoms with E-state index in [1.807, 2.05) is 0 Å². The number of hydrogen-bond donors (Lipinski definition) is 4. The highest BCUT2D eigenvalue weighted by Gasteiger charge is 2.20. The maximum atomic E-state index is 5.80. The molecule has 0 aromatic rings. The van der Waals surface area contributed by atoms with Gasteiger partial charge in [-0.15, -0.1) is 0 Å². The van der Waals surface area contributed by atoms with Gasteiger partial charge in [-0.05, 0) is 0 Å². The minimum Gasteiger partial charge on any atom is -0.378 e. The maximum Gasteiger partial charge on any atom is 0.0701 e. The van der Waals surface area contributed by atoms with Gasteiger partial charge >= 0.3 is 0 Å². The molecule has 0 atom stereocenters. The van der Waals surface area contributed by atoms with Crippen LogP contribution in [0.4, 0.5) is 0 Å². The van der Waals surface area contributed by atoms with Crippen LogP contribution in [-0.2, 0) is 9.47 Å². The van der Waals surface area contributed by atoms with Gasteiger partial charge in [0.1, 0.15) is 0 Å². The molecule has 0 amide bonds. The van der Waals surface area contributed by atoms with Gasteiger partial charge in [0.25, 0.3) is 0 Å². The van der Waals surface area contributed by atoms with Gasteiger partial charge in [0.05, 0.1) is 32.0 Å². The highest BCUT2D eigenvalue weighted by atomic mass is 16.5. The van der Waals surface area contributed by atoms with E-state index in [1.54, 1.807) is 0 Å². The molecule has 0 radical (unpaired) electrons. The normalized spacial score (nSPS) is 12.0. The SMILES string of the molecule is NCCOCCOCC(N)(CN)CN. The molecule has 0 fully saturated rings. The smallest absolute Gasteiger partial charge is 0.0701 e. The molecule has 0 saturated carbocycles. The van der Waals surface area contributed by atoms with E-state index in [2.05, 4.69) is 0 Å². The van der Waals surface area contributed by atoms with E-state index in [1.165, 1.54) is 0 Å². The zero-order valence-corrected chi connectivity index (χ0v) is 8.58. The summed E-state index contributed by atoms with van der Waals surface area (Å²) in [6.07, 6.45) is 0. The van der Waals surface area contributed by atoms with E-state index >= 15 is 0 Å². The second kappa shape index (κ2) is 8.10. The Morgan fingerprint density at radius 3 is 1.93 bits per heavy atom. The Balaban J connectivity index is 3.34. The van der Waals surface area contributed by atoms with E-state index in [9.17, 15) is 0 Å². The Morgan fingerprint density at radius 2 is 1.43 bits per heavy atom. The van der Waals surface area contributed by atoms with Crippen LogP contribution in [0.15, 0.2) is 0 Å². The van der Waals surface area contributed by atoms with Crippen LogP contribution in [0.25, 0.3) is 0 Å². The van der Waals surface area contributed by atoms with E-state index in [0.29, 0.717) is 46.1 Å². The van der Waals surface area contributed by atoms with Gasteiger partial charge in [-0.1, -0.05) is 0 Å². The average Bonchev–Trinajstić information content (AvgIpc) is 2.23. The zero-order valence-electron chi connectivity index (χ0n) is 8.58. The molecule has 0 heterocycles. The largest absolute Gasteiger partial charge is 0.378 e. The zero-order chi connectivity index (χ0) is 10.9. The summed E-state index contributed by atoms with van der Waals surface area (Å²) >= 11 is 0. The fourth-order valence-corrected chi connectivity index (χ4v) is 0.780. The molecule has 6 heteroatoms. The Kier molecular flexibility index (Phi) is 7.96. The second-order valence-corrected chi connectivity index (χ2v) is 3.22. The van der Waals surface area contributed by atoms with E-state index in [0.717, 1.165) is 0 Å². The molecule has 0 saturated heterocycles. The standard InChI is InChI=1S/C8H22N4O2/c9-1-2-13-3-4-14-7-8(12,5-10)6-11/h1-7,9-12H2. The van der Waals surface area contributed by atoms with Crippen LogP contribution in [-0.4, -0.2) is 51.6 Å². The number of ether oxygens (including phenoxy) is 2. The van der Waals surface area contributed by atoms with Crippen molar-refractivity contribution in [2.45, 2.75) is 5.54 Å². The van der Waals surface area contributed by atoms with Gasteiger partial charge in [0.2, 0.25) is 0 Å². The van der Waals surface area contributed by atoms with Gasteiger partial charge in [-0.25, -0.2) is 0 Å². The van der Waals surface area contributed by atoms with Crippen LogP contribution in [0.3, 0.4) is 0 Å². The second-order valence-electron chi connectivity index (χ2n) is 3.22. The van der Waals surface area contributed by atoms with E-state index < -0.39 is 5.54 Å². The molecule has 0 aromatic heterocycles. The van der Waals surface area contributed by atoms with Crippen molar-refractivity contribution in [3.63, 3.8) is 0 Å². The van der Waals surface area contributed by atoms with Crippen LogP contribution in [0, 0.1) is 0 Å². The molecule has 0 bridgehead atoms. The lowest BCUT2D eigenvalue weighted by Crippen LogP contribution is -2.56. The lowest BCUT2D eigenvalue weighted by atomic mass is 10.0. The van der Waals surface area contributed by atoms with Crippen molar-refractivity contribution in [1.29, 1.82) is 0 Å². The van der Waals surface area contributed by atoms with Gasteiger partial charge < -0.3 is 32.4 Å². The van der Waals surface area contributed by atoms with E-state index in [4.69, 9.17) is 32.4 Å². The predicted molar refractivity (Wildman–Crippen MR) is 55.7 cm³/mol. The lowest BCUT2D eigenvalue weighted by Gasteiger charge is -2.25. The number of hydrogen-bond acceptors (Lipinski definition) is 6. The van der Waals surface area contributed by atoms with E-state index in [-0.39, 0.29) is 0 Å². The van der Waals surface area contributed by atoms with Crippen molar-refractivity contribution < 1.29 is 9.47 Å². The van der Waals surface area contributed by atoms with Gasteiger partial charge in [0, 0.05) is 19.6 Å². The van der Waals surface area contributed by atoms with Crippen LogP contribution < -0.4 is 22.9 Å². The minimum absolute atomic E-state index is 0.313. The van der Waals surface area contributed by atoms with Crippen molar-refractivity contribution in [3.05, 3.63) is 0 Å². The molecular formula is C8H22N4O2. The first-order valence-electron chi connectivity index (χ1n) is 4.73. The molecule has 0 spiro atoms. The Morgan fingerprint density at radius 1 is 0.857 bits per heavy atom. The average molecular weight is 206 g/mol. The van der Waals surface area contributed by atoms with Gasteiger partial charge in [0.15, 0.2) is 0 Å². The highest BCUT2D eigenvalue weighted by molar-refractivity contribution is 4.85. The third-order valence-electron chi connectivity index (χ3n) is 1.84. The summed E-state index contributed by atoms with van der Waals surface area (Å²) in [5.74, 6) is 0. The summed E-state index contributed by atoms with van der Waals surface area (Å²) in [4.78, 5) is 0. The van der Waals surface area contributed by atoms with Gasteiger partial charge in [-0.3, -0.25) is 0 Å². The molecule has 8 N–H and O–H groups in total. The molecule has 6 nitrogen and oxygen atoms in total. The quantitative estimate of drug-likeness (QED) is 0.312. The monoisotopic (exact) mass is 206 g/mol. The molecule has 0 rings (SSSR count). The topological polar surface area (TPSA) is 123 Å². The lowest BCUT2D eigenvalue weighted by molar-refractivity contribution is 0.0318. The van der Waals surface area contributed by atoms with Crippen molar-refractivity contribution >= 4 is 0 Å². The summed E-state index contributed by atoms with van der Waals surface area (Å²) < 4.78 is 10.4. The number of nitrogens with two attached hydrogens (primary N) is 4. The van der Waals surface area contributed by atoms with Crippen molar-refractivity contribution in [2.75, 3.05) is 46.1 Å². The van der Waals surface area contributed by atoms with Crippen LogP contribution in [0.5, 0.6) is 0 Å². The molecule has 14 heavy (non-hydrogen) atoms. The molecule has 0 aliphatic heterocycles. The summed E-state index contributed by atoms with van der Waals surface area (Å²) in [6.45, 7) is 3.05. The molecule has 0 aliphatic rings. The Labute approximate surface area is 84.9 Å². The van der Waals surface area contributed by atoms with Crippen LogP contribution in [0.2, 0.25) is 0 Å². The summed E-state index contributed by atoms with van der Waals surface area (Å²) in [5.41, 5.74) is 21.3. The molecule has 0 aliphatic carbocycles. The first kappa shape index (κ1) is 13.8. The first-order chi connectivity index (χ1) is 6.68. The van der Waals surface area contributed by atoms with Crippen LogP contribution in [0.1, 0.15) is 0 Å². The van der Waals surface area contributed by atoms with Crippen molar-refractivity contribution in [2.24, 2.45) is 22.9 Å². The Bertz CT molecular complexity index is 131. The highest BCUT2D eigenvalue weighted by Crippen LogP contribution is 1.95. The first-order valence-corrected chi connectivity index (χ1v) is 4.73. The fraction of sp³-hybridized carbons (Fsp3) is 1.00. The predicted octanol–water partition coefficient (Wildman–Crippen LogP) is -2.41. The Hall–Kier alpha value is -0.240. The summed E-state index contributed by atoms with van der Waals surface area (Å²) in [6, 6.07) is 0. The van der Waals surface area contributed by atoms with Crippen molar-refractivity contribution in [3.8, 4) is 0 Å². The molecule has 86 valence electrons. The third-order valence-corrected chi connectivity index (χ3v) is 1.84. The molecule has 0 aromatic carbocycles. The number of rotatable bonds is 9. The van der Waals surface area contributed by atoms with Gasteiger partial charge in [-0.2, -0.15) is 0 Å². The summed E-state index contributed by atoms with van der Waals surface area (Å²) in [5, 5.41) is 0. The summed E-state index contributed by atoms with van der Waals surface area (Å²) in [7, 11) is 0.